The van der Waals surface area contributed by atoms with E-state index in [4.69, 9.17) is 0 Å². The summed E-state index contributed by atoms with van der Waals surface area (Å²) in [5, 5.41) is 9.65. The number of hydrogen-bond donors (Lipinski definition) is 2. The number of carbonyl (C=O) groups excluding carboxylic acids is 1. The molecule has 1 heterocycles. The Hall–Kier alpha value is -2.10. The fraction of sp³-hybridized carbons (Fsp3) is 0.231. The number of nitrogens with zero attached hydrogens (tertiary/aromatic N) is 1. The molecule has 4 heteroatoms. The number of amides is 1. The second-order valence-electron chi connectivity index (χ2n) is 4.18. The molecule has 0 aliphatic carbocycles. The lowest BCUT2D eigenvalue weighted by Gasteiger charge is -2.01. The molecule has 4 nitrogen and oxygen atoms in total. The first kappa shape index (κ1) is 11.4. The van der Waals surface area contributed by atoms with Gasteiger partial charge in [0.15, 0.2) is 5.69 Å². The average molecular weight is 229 g/mol. The molecule has 17 heavy (non-hydrogen) atoms. The minimum absolute atomic E-state index is 0.195. The number of aromatic nitrogens is 2. The molecule has 0 aliphatic rings. The first-order valence-electron chi connectivity index (χ1n) is 5.58. The van der Waals surface area contributed by atoms with Gasteiger partial charge in [-0.05, 0) is 24.1 Å². The zero-order valence-corrected chi connectivity index (χ0v) is 9.90. The molecule has 0 spiro atoms. The molecule has 0 saturated carbocycles. The van der Waals surface area contributed by atoms with Crippen LogP contribution in [0.2, 0.25) is 0 Å². The van der Waals surface area contributed by atoms with Gasteiger partial charge >= 0.3 is 0 Å². The van der Waals surface area contributed by atoms with Gasteiger partial charge in [-0.2, -0.15) is 5.10 Å². The maximum Gasteiger partial charge on any atom is 0.276 e. The van der Waals surface area contributed by atoms with Gasteiger partial charge in [0.25, 0.3) is 5.91 Å². The Kier molecular flexibility index (Phi) is 3.23. The van der Waals surface area contributed by atoms with Crippen LogP contribution in [-0.4, -0.2) is 16.1 Å². The smallest absolute Gasteiger partial charge is 0.276 e. The van der Waals surface area contributed by atoms with E-state index >= 15 is 0 Å². The first-order valence-corrected chi connectivity index (χ1v) is 5.58. The lowest BCUT2D eigenvalue weighted by molar-refractivity contribution is 0.102. The van der Waals surface area contributed by atoms with E-state index in [0.29, 0.717) is 11.6 Å². The number of H-pyrrole nitrogens is 1. The van der Waals surface area contributed by atoms with E-state index in [9.17, 15) is 4.79 Å². The Morgan fingerprint density at radius 2 is 2.00 bits per heavy atom. The molecule has 0 radical (unpaired) electrons. The molecule has 0 bridgehead atoms. The van der Waals surface area contributed by atoms with Gasteiger partial charge in [0, 0.05) is 11.4 Å². The maximum atomic E-state index is 11.9. The highest BCUT2D eigenvalue weighted by molar-refractivity contribution is 6.02. The summed E-state index contributed by atoms with van der Waals surface area (Å²) in [4.78, 5) is 11.9. The molecule has 2 rings (SSSR count). The van der Waals surface area contributed by atoms with Crippen molar-refractivity contribution in [2.45, 2.75) is 19.8 Å². The minimum Gasteiger partial charge on any atom is -0.321 e. The average Bonchev–Trinajstić information content (AvgIpc) is 2.79. The second-order valence-corrected chi connectivity index (χ2v) is 4.18. The van der Waals surface area contributed by atoms with Crippen molar-refractivity contribution in [2.24, 2.45) is 0 Å². The third-order valence-electron chi connectivity index (χ3n) is 2.48. The summed E-state index contributed by atoms with van der Waals surface area (Å²) in [7, 11) is 0. The topological polar surface area (TPSA) is 57.8 Å². The van der Waals surface area contributed by atoms with Gasteiger partial charge in [-0.25, -0.2) is 0 Å². The highest BCUT2D eigenvalue weighted by Gasteiger charge is 2.11. The summed E-state index contributed by atoms with van der Waals surface area (Å²) in [6.07, 6.45) is 0. The van der Waals surface area contributed by atoms with Crippen molar-refractivity contribution in [3.05, 3.63) is 47.8 Å². The summed E-state index contributed by atoms with van der Waals surface area (Å²) < 4.78 is 0. The number of nitrogens with one attached hydrogen (secondary N) is 2. The van der Waals surface area contributed by atoms with E-state index in [1.807, 2.05) is 44.2 Å². The van der Waals surface area contributed by atoms with Crippen LogP contribution in [0.4, 0.5) is 5.69 Å². The lowest BCUT2D eigenvalue weighted by atomic mass is 10.1. The number of carbonyl (C=O) groups is 1. The maximum absolute atomic E-state index is 11.9. The van der Waals surface area contributed by atoms with E-state index in [0.717, 1.165) is 11.4 Å². The Labute approximate surface area is 100 Å². The van der Waals surface area contributed by atoms with Crippen LogP contribution >= 0.6 is 0 Å². The van der Waals surface area contributed by atoms with Crippen LogP contribution in [0.5, 0.6) is 0 Å². The second kappa shape index (κ2) is 4.82. The number of hydrogen-bond acceptors (Lipinski definition) is 2. The summed E-state index contributed by atoms with van der Waals surface area (Å²) in [5.74, 6) is 0.139. The fourth-order valence-corrected chi connectivity index (χ4v) is 1.47. The molecule has 0 atom stereocenters. The van der Waals surface area contributed by atoms with E-state index in [1.165, 1.54) is 0 Å². The molecule has 1 aromatic carbocycles. The molecule has 2 N–H and O–H groups in total. The van der Waals surface area contributed by atoms with Crippen LogP contribution in [0.15, 0.2) is 36.4 Å². The van der Waals surface area contributed by atoms with Crippen molar-refractivity contribution >= 4 is 11.6 Å². The molecule has 0 aliphatic heterocycles. The van der Waals surface area contributed by atoms with Crippen LogP contribution in [0, 0.1) is 0 Å². The van der Waals surface area contributed by atoms with Crippen LogP contribution in [0.3, 0.4) is 0 Å². The van der Waals surface area contributed by atoms with Crippen molar-refractivity contribution in [3.63, 3.8) is 0 Å². The first-order chi connectivity index (χ1) is 8.16. The van der Waals surface area contributed by atoms with Gasteiger partial charge in [0.05, 0.1) is 0 Å². The number of para-hydroxylation sites is 1. The molecule has 1 amide bonds. The van der Waals surface area contributed by atoms with Crippen LogP contribution in [0.1, 0.15) is 35.9 Å². The predicted octanol–water partition coefficient (Wildman–Crippen LogP) is 2.79. The third-order valence-corrected chi connectivity index (χ3v) is 2.48. The van der Waals surface area contributed by atoms with Gasteiger partial charge in [0.1, 0.15) is 0 Å². The molecule has 0 saturated heterocycles. The molecule has 0 unspecified atom stereocenters. The Morgan fingerprint density at radius 1 is 1.29 bits per heavy atom. The monoisotopic (exact) mass is 229 g/mol. The van der Waals surface area contributed by atoms with E-state index < -0.39 is 0 Å². The lowest BCUT2D eigenvalue weighted by Crippen LogP contribution is -2.12. The van der Waals surface area contributed by atoms with Gasteiger partial charge in [-0.1, -0.05) is 32.0 Å². The normalized spacial score (nSPS) is 10.5. The number of aromatic amines is 1. The summed E-state index contributed by atoms with van der Waals surface area (Å²) in [6, 6.07) is 11.1. The van der Waals surface area contributed by atoms with E-state index in [1.54, 1.807) is 6.07 Å². The molecule has 2 aromatic rings. The number of benzene rings is 1. The highest BCUT2D eigenvalue weighted by atomic mass is 16.1. The van der Waals surface area contributed by atoms with Crippen LogP contribution < -0.4 is 5.32 Å². The van der Waals surface area contributed by atoms with Crippen LogP contribution in [-0.2, 0) is 0 Å². The van der Waals surface area contributed by atoms with Crippen molar-refractivity contribution < 1.29 is 4.79 Å². The van der Waals surface area contributed by atoms with Gasteiger partial charge in [-0.3, -0.25) is 9.89 Å². The minimum atomic E-state index is -0.195. The van der Waals surface area contributed by atoms with Crippen LogP contribution in [0.25, 0.3) is 0 Å². The SMILES string of the molecule is CC(C)c1cc(C(=O)Nc2ccccc2)n[nH]1. The van der Waals surface area contributed by atoms with E-state index in [-0.39, 0.29) is 5.91 Å². The van der Waals surface area contributed by atoms with Crippen molar-refractivity contribution in [1.29, 1.82) is 0 Å². The standard InChI is InChI=1S/C13H15N3O/c1-9(2)11-8-12(16-15-11)13(17)14-10-6-4-3-5-7-10/h3-9H,1-2H3,(H,14,17)(H,15,16). The molecule has 1 aromatic heterocycles. The highest BCUT2D eigenvalue weighted by Crippen LogP contribution is 2.13. The zero-order valence-electron chi connectivity index (χ0n) is 9.90. The zero-order chi connectivity index (χ0) is 12.3. The van der Waals surface area contributed by atoms with Gasteiger partial charge in [0.2, 0.25) is 0 Å². The van der Waals surface area contributed by atoms with Crippen molar-refractivity contribution in [3.8, 4) is 0 Å². The van der Waals surface area contributed by atoms with Crippen molar-refractivity contribution in [2.75, 3.05) is 5.32 Å². The summed E-state index contributed by atoms with van der Waals surface area (Å²) in [6.45, 7) is 4.10. The Morgan fingerprint density at radius 3 is 2.59 bits per heavy atom. The Bertz CT molecular complexity index is 502. The fourth-order valence-electron chi connectivity index (χ4n) is 1.47. The molecular weight excluding hydrogens is 214 g/mol. The summed E-state index contributed by atoms with van der Waals surface area (Å²) >= 11 is 0. The Balaban J connectivity index is 2.10. The van der Waals surface area contributed by atoms with Gasteiger partial charge < -0.3 is 5.32 Å². The number of anilines is 1. The number of rotatable bonds is 3. The van der Waals surface area contributed by atoms with E-state index in [2.05, 4.69) is 15.5 Å². The third kappa shape index (κ3) is 2.72. The molecule has 88 valence electrons. The molecular formula is C13H15N3O. The largest absolute Gasteiger partial charge is 0.321 e. The van der Waals surface area contributed by atoms with Gasteiger partial charge in [-0.15, -0.1) is 0 Å². The van der Waals surface area contributed by atoms with Crippen molar-refractivity contribution in [1.82, 2.24) is 10.2 Å². The summed E-state index contributed by atoms with van der Waals surface area (Å²) in [5.41, 5.74) is 2.15. The predicted molar refractivity (Wildman–Crippen MR) is 67.1 cm³/mol. The quantitative estimate of drug-likeness (QED) is 0.850. The molecule has 0 fully saturated rings.